The molecule has 0 aliphatic rings. The topological polar surface area (TPSA) is 92.5 Å². The first kappa shape index (κ1) is 16.0. The van der Waals surface area contributed by atoms with E-state index in [0.717, 1.165) is 6.07 Å². The van der Waals surface area contributed by atoms with E-state index in [-0.39, 0.29) is 18.0 Å². The lowest BCUT2D eigenvalue weighted by molar-refractivity contribution is -0.387. The Kier molecular flexibility index (Phi) is 5.09. The molecule has 1 rings (SSSR count). The Labute approximate surface area is 113 Å². The maximum absolute atomic E-state index is 13.5. The molecule has 8 heteroatoms. The SMILES string of the molecule is CC(C)C(NCc1cc([N+](=O)[O-])c(F)cc1F)C(=O)O. The molecule has 110 valence electrons. The van der Waals surface area contributed by atoms with Gasteiger partial charge in [0.15, 0.2) is 0 Å². The molecule has 0 aromatic heterocycles. The van der Waals surface area contributed by atoms with Gasteiger partial charge in [0.25, 0.3) is 0 Å². The van der Waals surface area contributed by atoms with Gasteiger partial charge in [0, 0.05) is 24.2 Å². The summed E-state index contributed by atoms with van der Waals surface area (Å²) in [7, 11) is 0. The Balaban J connectivity index is 2.95. The van der Waals surface area contributed by atoms with E-state index >= 15 is 0 Å². The monoisotopic (exact) mass is 288 g/mol. The number of nitrogens with one attached hydrogen (secondary N) is 1. The molecule has 1 unspecified atom stereocenters. The van der Waals surface area contributed by atoms with Crippen molar-refractivity contribution in [3.8, 4) is 0 Å². The molecule has 0 amide bonds. The van der Waals surface area contributed by atoms with Gasteiger partial charge in [0.1, 0.15) is 11.9 Å². The van der Waals surface area contributed by atoms with Gasteiger partial charge in [-0.25, -0.2) is 4.39 Å². The summed E-state index contributed by atoms with van der Waals surface area (Å²) in [5, 5.41) is 22.1. The highest BCUT2D eigenvalue weighted by molar-refractivity contribution is 5.73. The molecule has 0 fully saturated rings. The van der Waals surface area contributed by atoms with Crippen LogP contribution in [0.5, 0.6) is 0 Å². The van der Waals surface area contributed by atoms with Gasteiger partial charge in [-0.3, -0.25) is 20.2 Å². The Morgan fingerprint density at radius 2 is 2.00 bits per heavy atom. The molecule has 0 aliphatic heterocycles. The number of nitrogens with zero attached hydrogens (tertiary/aromatic N) is 1. The summed E-state index contributed by atoms with van der Waals surface area (Å²) < 4.78 is 26.6. The second kappa shape index (κ2) is 6.38. The van der Waals surface area contributed by atoms with Crippen molar-refractivity contribution in [3.05, 3.63) is 39.4 Å². The van der Waals surface area contributed by atoms with Gasteiger partial charge in [-0.05, 0) is 5.92 Å². The predicted octanol–water partition coefficient (Wildman–Crippen LogP) is 2.07. The van der Waals surface area contributed by atoms with Crippen LogP contribution in [0.25, 0.3) is 0 Å². The average molecular weight is 288 g/mol. The molecule has 0 heterocycles. The number of hydrogen-bond acceptors (Lipinski definition) is 4. The van der Waals surface area contributed by atoms with Crippen LogP contribution in [0.15, 0.2) is 12.1 Å². The van der Waals surface area contributed by atoms with Crippen LogP contribution in [-0.2, 0) is 11.3 Å². The average Bonchev–Trinajstić information content (AvgIpc) is 2.30. The summed E-state index contributed by atoms with van der Waals surface area (Å²) in [6, 6.07) is 0.246. The Bertz CT molecular complexity index is 534. The molecule has 1 atom stereocenters. The molecule has 0 radical (unpaired) electrons. The highest BCUT2D eigenvalue weighted by Crippen LogP contribution is 2.21. The van der Waals surface area contributed by atoms with Crippen LogP contribution in [0.2, 0.25) is 0 Å². The smallest absolute Gasteiger partial charge is 0.320 e. The summed E-state index contributed by atoms with van der Waals surface area (Å²) in [4.78, 5) is 20.6. The third-order valence-electron chi connectivity index (χ3n) is 2.76. The number of carboxylic acids is 1. The van der Waals surface area contributed by atoms with E-state index in [9.17, 15) is 23.7 Å². The Morgan fingerprint density at radius 1 is 1.40 bits per heavy atom. The molecule has 0 bridgehead atoms. The lowest BCUT2D eigenvalue weighted by Gasteiger charge is -2.18. The van der Waals surface area contributed by atoms with Gasteiger partial charge in [0.2, 0.25) is 5.82 Å². The van der Waals surface area contributed by atoms with E-state index in [2.05, 4.69) is 5.32 Å². The molecule has 1 aromatic rings. The van der Waals surface area contributed by atoms with Crippen molar-refractivity contribution in [1.29, 1.82) is 0 Å². The minimum absolute atomic E-state index is 0.162. The van der Waals surface area contributed by atoms with Crippen LogP contribution in [0.4, 0.5) is 14.5 Å². The van der Waals surface area contributed by atoms with Crippen LogP contribution < -0.4 is 5.32 Å². The van der Waals surface area contributed by atoms with Gasteiger partial charge in [-0.1, -0.05) is 13.8 Å². The van der Waals surface area contributed by atoms with Crippen molar-refractivity contribution in [2.45, 2.75) is 26.4 Å². The van der Waals surface area contributed by atoms with E-state index in [4.69, 9.17) is 5.11 Å². The zero-order chi connectivity index (χ0) is 15.4. The van der Waals surface area contributed by atoms with Gasteiger partial charge in [-0.2, -0.15) is 4.39 Å². The van der Waals surface area contributed by atoms with Gasteiger partial charge in [0.05, 0.1) is 4.92 Å². The summed E-state index contributed by atoms with van der Waals surface area (Å²) >= 11 is 0. The molecule has 20 heavy (non-hydrogen) atoms. The zero-order valence-electron chi connectivity index (χ0n) is 10.9. The van der Waals surface area contributed by atoms with Crippen LogP contribution >= 0.6 is 0 Å². The molecular formula is C12H14F2N2O4. The van der Waals surface area contributed by atoms with Crippen molar-refractivity contribution in [1.82, 2.24) is 5.32 Å². The second-order valence-corrected chi connectivity index (χ2v) is 4.59. The lowest BCUT2D eigenvalue weighted by Crippen LogP contribution is -2.40. The highest BCUT2D eigenvalue weighted by Gasteiger charge is 2.23. The van der Waals surface area contributed by atoms with E-state index < -0.39 is 34.3 Å². The predicted molar refractivity (Wildman–Crippen MR) is 66.1 cm³/mol. The van der Waals surface area contributed by atoms with Crippen molar-refractivity contribution in [2.24, 2.45) is 5.92 Å². The third kappa shape index (κ3) is 3.70. The first-order valence-electron chi connectivity index (χ1n) is 5.82. The summed E-state index contributed by atoms with van der Waals surface area (Å²) in [6.45, 7) is 3.08. The summed E-state index contributed by atoms with van der Waals surface area (Å²) in [6.07, 6.45) is 0. The zero-order valence-corrected chi connectivity index (χ0v) is 10.9. The standard InChI is InChI=1S/C12H14F2N2O4/c1-6(2)11(12(17)18)15-5-7-3-10(16(19)20)9(14)4-8(7)13/h3-4,6,11,15H,5H2,1-2H3,(H,17,18). The number of halogens is 2. The summed E-state index contributed by atoms with van der Waals surface area (Å²) in [5.74, 6) is -3.61. The van der Waals surface area contributed by atoms with Crippen LogP contribution in [-0.4, -0.2) is 22.0 Å². The number of nitro benzene ring substituents is 1. The minimum atomic E-state index is -1.27. The highest BCUT2D eigenvalue weighted by atomic mass is 19.1. The first-order chi connectivity index (χ1) is 9.23. The molecule has 6 nitrogen and oxygen atoms in total. The number of carbonyl (C=O) groups is 1. The molecule has 0 saturated heterocycles. The normalized spacial score (nSPS) is 12.4. The largest absolute Gasteiger partial charge is 0.480 e. The second-order valence-electron chi connectivity index (χ2n) is 4.59. The fourth-order valence-electron chi connectivity index (χ4n) is 1.68. The Hall–Kier alpha value is -2.09. The van der Waals surface area contributed by atoms with E-state index in [1.807, 2.05) is 0 Å². The fraction of sp³-hybridized carbons (Fsp3) is 0.417. The maximum Gasteiger partial charge on any atom is 0.320 e. The third-order valence-corrected chi connectivity index (χ3v) is 2.76. The number of rotatable bonds is 6. The Morgan fingerprint density at radius 3 is 2.45 bits per heavy atom. The molecule has 0 spiro atoms. The van der Waals surface area contributed by atoms with Crippen LogP contribution in [0, 0.1) is 27.7 Å². The maximum atomic E-state index is 13.5. The fourth-order valence-corrected chi connectivity index (χ4v) is 1.68. The number of carboxylic acid groups (broad SMARTS) is 1. The van der Waals surface area contributed by atoms with Crippen LogP contribution in [0.1, 0.15) is 19.4 Å². The van der Waals surface area contributed by atoms with Crippen molar-refractivity contribution >= 4 is 11.7 Å². The minimum Gasteiger partial charge on any atom is -0.480 e. The molecule has 1 aromatic carbocycles. The quantitative estimate of drug-likeness (QED) is 0.617. The molecule has 2 N–H and O–H groups in total. The first-order valence-corrected chi connectivity index (χ1v) is 5.82. The van der Waals surface area contributed by atoms with Crippen molar-refractivity contribution in [3.63, 3.8) is 0 Å². The van der Waals surface area contributed by atoms with Crippen LogP contribution in [0.3, 0.4) is 0 Å². The molecular weight excluding hydrogens is 274 g/mol. The number of hydrogen-bond donors (Lipinski definition) is 2. The van der Waals surface area contributed by atoms with Gasteiger partial charge in [-0.15, -0.1) is 0 Å². The number of benzene rings is 1. The molecule has 0 aliphatic carbocycles. The van der Waals surface area contributed by atoms with Crippen molar-refractivity contribution in [2.75, 3.05) is 0 Å². The van der Waals surface area contributed by atoms with Crippen molar-refractivity contribution < 1.29 is 23.6 Å². The molecule has 0 saturated carbocycles. The van der Waals surface area contributed by atoms with Gasteiger partial charge >= 0.3 is 11.7 Å². The number of aliphatic carboxylic acids is 1. The summed E-state index contributed by atoms with van der Waals surface area (Å²) in [5.41, 5.74) is -1.01. The van der Waals surface area contributed by atoms with E-state index in [1.54, 1.807) is 13.8 Å². The van der Waals surface area contributed by atoms with E-state index in [0.29, 0.717) is 6.07 Å². The number of nitro groups is 1. The lowest BCUT2D eigenvalue weighted by atomic mass is 10.0. The van der Waals surface area contributed by atoms with Gasteiger partial charge < -0.3 is 5.11 Å². The van der Waals surface area contributed by atoms with E-state index in [1.165, 1.54) is 0 Å².